The molecule has 1 unspecified atom stereocenters. The number of ether oxygens (including phenoxy) is 1. The Morgan fingerprint density at radius 3 is 1.88 bits per heavy atom. The van der Waals surface area contributed by atoms with Gasteiger partial charge in [-0.15, -0.1) is 0 Å². The number of rotatable bonds is 8. The molecule has 0 aromatic rings. The van der Waals surface area contributed by atoms with Crippen LogP contribution < -0.4 is 0 Å². The van der Waals surface area contributed by atoms with Gasteiger partial charge < -0.3 is 18.0 Å². The maximum absolute atomic E-state index is 12.3. The molecule has 0 saturated heterocycles. The van der Waals surface area contributed by atoms with Gasteiger partial charge in [0.1, 0.15) is 0 Å². The molecule has 0 aliphatic rings. The summed E-state index contributed by atoms with van der Waals surface area (Å²) >= 11 is 0. The van der Waals surface area contributed by atoms with E-state index < -0.39 is 21.3 Å². The number of alkyl halides is 4. The second-order valence-electron chi connectivity index (χ2n) is 3.13. The summed E-state index contributed by atoms with van der Waals surface area (Å²) in [5.41, 5.74) is 0. The largest absolute Gasteiger partial charge is 0.500 e. The van der Waals surface area contributed by atoms with Crippen LogP contribution in [-0.2, 0) is 18.0 Å². The van der Waals surface area contributed by atoms with Crippen molar-refractivity contribution in [3.8, 4) is 0 Å². The molecule has 0 aliphatic heterocycles. The van der Waals surface area contributed by atoms with E-state index in [1.807, 2.05) is 0 Å². The molecule has 1 atom stereocenters. The molecule has 0 spiro atoms. The molecule has 0 aromatic heterocycles. The first-order valence-corrected chi connectivity index (χ1v) is 6.72. The third-order valence-electron chi connectivity index (χ3n) is 2.08. The van der Waals surface area contributed by atoms with E-state index in [9.17, 15) is 17.6 Å². The van der Waals surface area contributed by atoms with Crippen LogP contribution >= 0.6 is 0 Å². The summed E-state index contributed by atoms with van der Waals surface area (Å²) in [5, 5.41) is 0. The lowest BCUT2D eigenvalue weighted by Gasteiger charge is -2.24. The van der Waals surface area contributed by atoms with E-state index in [0.29, 0.717) is 0 Å². The first-order chi connectivity index (χ1) is 7.81. The van der Waals surface area contributed by atoms with Crippen molar-refractivity contribution in [2.75, 3.05) is 27.9 Å². The molecule has 0 bridgehead atoms. The van der Waals surface area contributed by atoms with Gasteiger partial charge in [0.05, 0.1) is 6.61 Å². The van der Waals surface area contributed by atoms with Crippen LogP contribution in [0.2, 0.25) is 6.04 Å². The van der Waals surface area contributed by atoms with Gasteiger partial charge in [-0.3, -0.25) is 0 Å². The zero-order valence-corrected chi connectivity index (χ0v) is 10.8. The zero-order chi connectivity index (χ0) is 13.5. The molecule has 0 aromatic carbocycles. The Kier molecular flexibility index (Phi) is 7.17. The molecule has 9 heteroatoms. The topological polar surface area (TPSA) is 36.9 Å². The van der Waals surface area contributed by atoms with Gasteiger partial charge in [0, 0.05) is 27.4 Å². The fourth-order valence-electron chi connectivity index (χ4n) is 1.13. The maximum atomic E-state index is 12.3. The Hall–Kier alpha value is -0.223. The standard InChI is InChI=1S/C8H16F4O4Si/c1-13-17(14-2,15-3)6-4-5-16-7(9)8(10,11)12/h7H,4-6H2,1-3H3. The fraction of sp³-hybridized carbons (Fsp3) is 1.00. The van der Waals surface area contributed by atoms with Gasteiger partial charge in [-0.1, -0.05) is 0 Å². The van der Waals surface area contributed by atoms with Crippen LogP contribution in [0.25, 0.3) is 0 Å². The average molecular weight is 280 g/mol. The Balaban J connectivity index is 3.91. The maximum Gasteiger partial charge on any atom is 0.500 e. The molecule has 17 heavy (non-hydrogen) atoms. The first-order valence-electron chi connectivity index (χ1n) is 4.79. The van der Waals surface area contributed by atoms with Gasteiger partial charge >= 0.3 is 15.0 Å². The smallest absolute Gasteiger partial charge is 0.377 e. The summed E-state index contributed by atoms with van der Waals surface area (Å²) in [4.78, 5) is 0. The Bertz CT molecular complexity index is 202. The van der Waals surface area contributed by atoms with Crippen molar-refractivity contribution in [3.63, 3.8) is 0 Å². The molecule has 104 valence electrons. The van der Waals surface area contributed by atoms with E-state index in [0.717, 1.165) is 0 Å². The normalized spacial score (nSPS) is 15.0. The summed E-state index contributed by atoms with van der Waals surface area (Å²) in [5.74, 6) is 0. The average Bonchev–Trinajstić information content (AvgIpc) is 2.29. The van der Waals surface area contributed by atoms with Gasteiger partial charge in [-0.2, -0.15) is 13.2 Å². The van der Waals surface area contributed by atoms with E-state index in [1.54, 1.807) is 0 Å². The van der Waals surface area contributed by atoms with Crippen LogP contribution in [0, 0.1) is 0 Å². The van der Waals surface area contributed by atoms with E-state index >= 15 is 0 Å². The van der Waals surface area contributed by atoms with Crippen LogP contribution in [0.3, 0.4) is 0 Å². The minimum atomic E-state index is -4.99. The predicted molar refractivity (Wildman–Crippen MR) is 53.1 cm³/mol. The van der Waals surface area contributed by atoms with Gasteiger partial charge in [0.15, 0.2) is 0 Å². The van der Waals surface area contributed by atoms with Crippen molar-refractivity contribution >= 4 is 8.80 Å². The summed E-state index contributed by atoms with van der Waals surface area (Å²) in [7, 11) is 1.33. The van der Waals surface area contributed by atoms with Gasteiger partial charge in [-0.05, 0) is 6.42 Å². The molecule has 0 fully saturated rings. The second kappa shape index (κ2) is 7.26. The molecule has 0 aliphatic carbocycles. The molecule has 0 saturated carbocycles. The third kappa shape index (κ3) is 5.77. The summed E-state index contributed by atoms with van der Waals surface area (Å²) in [6.07, 6.45) is -8.09. The van der Waals surface area contributed by atoms with E-state index in [4.69, 9.17) is 13.3 Å². The number of hydrogen-bond donors (Lipinski definition) is 0. The summed E-state index contributed by atoms with van der Waals surface area (Å²) in [6, 6.07) is 0.251. The van der Waals surface area contributed by atoms with Gasteiger partial charge in [0.2, 0.25) is 0 Å². The molecule has 0 rings (SSSR count). The Morgan fingerprint density at radius 2 is 1.53 bits per heavy atom. The zero-order valence-electron chi connectivity index (χ0n) is 9.84. The monoisotopic (exact) mass is 280 g/mol. The number of hydrogen-bond acceptors (Lipinski definition) is 4. The molecule has 0 radical (unpaired) electrons. The van der Waals surface area contributed by atoms with Crippen LogP contribution in [0.15, 0.2) is 0 Å². The van der Waals surface area contributed by atoms with Crippen LogP contribution in [0.1, 0.15) is 6.42 Å². The molecule has 0 amide bonds. The number of halogens is 4. The van der Waals surface area contributed by atoms with Crippen molar-refractivity contribution < 1.29 is 35.6 Å². The molecule has 4 nitrogen and oxygen atoms in total. The highest BCUT2D eigenvalue weighted by molar-refractivity contribution is 6.60. The quantitative estimate of drug-likeness (QED) is 0.388. The molecular formula is C8H16F4O4Si. The molecule has 0 N–H and O–H groups in total. The highest BCUT2D eigenvalue weighted by Crippen LogP contribution is 2.24. The van der Waals surface area contributed by atoms with Crippen LogP contribution in [0.5, 0.6) is 0 Å². The van der Waals surface area contributed by atoms with E-state index in [1.165, 1.54) is 21.3 Å². The van der Waals surface area contributed by atoms with Crippen molar-refractivity contribution in [1.82, 2.24) is 0 Å². The van der Waals surface area contributed by atoms with Crippen LogP contribution in [0.4, 0.5) is 17.6 Å². The summed E-state index contributed by atoms with van der Waals surface area (Å²) in [6.45, 7) is -0.383. The Morgan fingerprint density at radius 1 is 1.06 bits per heavy atom. The lowest BCUT2D eigenvalue weighted by molar-refractivity contribution is -0.264. The lowest BCUT2D eigenvalue weighted by atomic mass is 10.5. The van der Waals surface area contributed by atoms with E-state index in [2.05, 4.69) is 4.74 Å². The highest BCUT2D eigenvalue weighted by Gasteiger charge is 2.42. The van der Waals surface area contributed by atoms with Crippen LogP contribution in [-0.4, -0.2) is 49.3 Å². The van der Waals surface area contributed by atoms with E-state index in [-0.39, 0.29) is 19.1 Å². The molecule has 0 heterocycles. The van der Waals surface area contributed by atoms with Crippen molar-refractivity contribution in [2.24, 2.45) is 0 Å². The summed E-state index contributed by atoms with van der Waals surface area (Å²) < 4.78 is 66.7. The van der Waals surface area contributed by atoms with Gasteiger partial charge in [0.25, 0.3) is 6.36 Å². The Labute approximate surface area is 98.2 Å². The third-order valence-corrected chi connectivity index (χ3v) is 4.91. The minimum absolute atomic E-state index is 0.151. The fourth-order valence-corrected chi connectivity index (χ4v) is 2.82. The van der Waals surface area contributed by atoms with Crippen molar-refractivity contribution in [1.29, 1.82) is 0 Å². The first kappa shape index (κ1) is 16.8. The van der Waals surface area contributed by atoms with Crippen molar-refractivity contribution in [3.05, 3.63) is 0 Å². The SMILES string of the molecule is CO[Si](CCCOC(F)C(F)(F)F)(OC)OC. The second-order valence-corrected chi connectivity index (χ2v) is 6.22. The van der Waals surface area contributed by atoms with Gasteiger partial charge in [-0.25, -0.2) is 4.39 Å². The predicted octanol–water partition coefficient (Wildman–Crippen LogP) is 2.13. The minimum Gasteiger partial charge on any atom is -0.377 e. The highest BCUT2D eigenvalue weighted by atomic mass is 28.4. The van der Waals surface area contributed by atoms with Crippen molar-refractivity contribution in [2.45, 2.75) is 25.0 Å². The lowest BCUT2D eigenvalue weighted by Crippen LogP contribution is -2.42. The molecular weight excluding hydrogens is 264 g/mol.